The standard InChI is InChI=1S/C61H38N2/c1-2-15-39(16-3-1)40-29-31-41(32-30-40)62(42-33-35-48-46-19-5-4-17-44(46)45-18-6-7-20-47(45)53(48)37-42)43-34-36-50-49-21-8-10-24-54(49)61(57(50)38-43)55-25-11-13-28-59(55)63-58-27-12-9-22-51(58)52-23-14-26-56(61)60(52)63/h1-38H. The van der Waals surface area contributed by atoms with Crippen molar-refractivity contribution >= 4 is 71.2 Å². The lowest BCUT2D eigenvalue weighted by molar-refractivity contribution is 0.748. The van der Waals surface area contributed by atoms with E-state index >= 15 is 0 Å². The maximum Gasteiger partial charge on any atom is 0.0755 e. The van der Waals surface area contributed by atoms with Gasteiger partial charge >= 0.3 is 0 Å². The Morgan fingerprint density at radius 2 is 0.825 bits per heavy atom. The first-order valence-corrected chi connectivity index (χ1v) is 21.9. The molecule has 292 valence electrons. The highest BCUT2D eigenvalue weighted by atomic mass is 15.1. The van der Waals surface area contributed by atoms with Crippen LogP contribution >= 0.6 is 0 Å². The molecule has 0 bridgehead atoms. The van der Waals surface area contributed by atoms with Crippen LogP contribution in [-0.4, -0.2) is 4.57 Å². The van der Waals surface area contributed by atoms with Gasteiger partial charge in [-0.1, -0.05) is 182 Å². The number of aromatic nitrogens is 1. The van der Waals surface area contributed by atoms with Crippen LogP contribution in [0.15, 0.2) is 231 Å². The molecule has 2 heterocycles. The van der Waals surface area contributed by atoms with E-state index in [1.807, 2.05) is 0 Å². The molecule has 0 amide bonds. The Bertz CT molecular complexity index is 3820. The van der Waals surface area contributed by atoms with Crippen molar-refractivity contribution in [3.05, 3.63) is 253 Å². The Morgan fingerprint density at radius 3 is 1.60 bits per heavy atom. The predicted molar refractivity (Wildman–Crippen MR) is 264 cm³/mol. The normalized spacial score (nSPS) is 14.7. The van der Waals surface area contributed by atoms with Crippen molar-refractivity contribution in [3.8, 4) is 27.9 Å². The third kappa shape index (κ3) is 4.62. The third-order valence-electron chi connectivity index (χ3n) is 14.2. The summed E-state index contributed by atoms with van der Waals surface area (Å²) in [6.45, 7) is 0. The molecule has 0 radical (unpaired) electrons. The van der Waals surface area contributed by atoms with Gasteiger partial charge in [-0.05, 0) is 125 Å². The Kier molecular flexibility index (Phi) is 7.07. The van der Waals surface area contributed by atoms with E-state index < -0.39 is 5.41 Å². The van der Waals surface area contributed by atoms with Gasteiger partial charge in [0.05, 0.1) is 22.1 Å². The van der Waals surface area contributed by atoms with Gasteiger partial charge < -0.3 is 9.47 Å². The van der Waals surface area contributed by atoms with Crippen molar-refractivity contribution in [3.63, 3.8) is 0 Å². The zero-order valence-electron chi connectivity index (χ0n) is 34.3. The van der Waals surface area contributed by atoms with E-state index in [4.69, 9.17) is 0 Å². The monoisotopic (exact) mass is 798 g/mol. The summed E-state index contributed by atoms with van der Waals surface area (Å²) in [5, 5.41) is 10.2. The number of hydrogen-bond acceptors (Lipinski definition) is 1. The van der Waals surface area contributed by atoms with Crippen molar-refractivity contribution < 1.29 is 0 Å². The van der Waals surface area contributed by atoms with Crippen LogP contribution in [0.2, 0.25) is 0 Å². The van der Waals surface area contributed by atoms with Crippen LogP contribution in [0.5, 0.6) is 0 Å². The minimum atomic E-state index is -0.552. The topological polar surface area (TPSA) is 8.17 Å². The van der Waals surface area contributed by atoms with Crippen LogP contribution < -0.4 is 4.90 Å². The van der Waals surface area contributed by atoms with Crippen molar-refractivity contribution in [2.75, 3.05) is 4.90 Å². The molecule has 2 aliphatic rings. The Balaban J connectivity index is 1.06. The Hall–Kier alpha value is -8.20. The van der Waals surface area contributed by atoms with E-state index in [-0.39, 0.29) is 0 Å². The molecule has 1 unspecified atom stereocenters. The van der Waals surface area contributed by atoms with E-state index in [2.05, 4.69) is 240 Å². The molecule has 1 aromatic heterocycles. The van der Waals surface area contributed by atoms with Crippen LogP contribution in [-0.2, 0) is 5.41 Å². The maximum absolute atomic E-state index is 2.52. The van der Waals surface area contributed by atoms with Crippen molar-refractivity contribution in [1.29, 1.82) is 0 Å². The van der Waals surface area contributed by atoms with Crippen LogP contribution in [0.25, 0.3) is 82.1 Å². The molecule has 1 aliphatic heterocycles. The molecule has 1 spiro atoms. The summed E-state index contributed by atoms with van der Waals surface area (Å²) in [5.41, 5.74) is 16.8. The summed E-state index contributed by atoms with van der Waals surface area (Å²) < 4.78 is 2.52. The molecule has 1 atom stereocenters. The molecule has 11 aromatic carbocycles. The quantitative estimate of drug-likeness (QED) is 0.161. The summed E-state index contributed by atoms with van der Waals surface area (Å²) >= 11 is 0. The molecular formula is C61H38N2. The lowest BCUT2D eigenvalue weighted by atomic mass is 9.65. The fraction of sp³-hybridized carbons (Fsp3) is 0.0164. The highest BCUT2D eigenvalue weighted by Crippen LogP contribution is 2.61. The number of anilines is 3. The van der Waals surface area contributed by atoms with Gasteiger partial charge in [0.25, 0.3) is 0 Å². The summed E-state index contributed by atoms with van der Waals surface area (Å²) in [4.78, 5) is 2.47. The Morgan fingerprint density at radius 1 is 0.302 bits per heavy atom. The molecule has 63 heavy (non-hydrogen) atoms. The van der Waals surface area contributed by atoms with Crippen LogP contribution in [0.3, 0.4) is 0 Å². The average Bonchev–Trinajstić information content (AvgIpc) is 3.85. The molecule has 14 rings (SSSR count). The van der Waals surface area contributed by atoms with Crippen LogP contribution in [0, 0.1) is 0 Å². The molecule has 2 heteroatoms. The van der Waals surface area contributed by atoms with Crippen molar-refractivity contribution in [1.82, 2.24) is 4.57 Å². The Labute approximate surface area is 365 Å². The maximum atomic E-state index is 2.52. The molecular weight excluding hydrogens is 761 g/mol. The first-order valence-electron chi connectivity index (χ1n) is 21.9. The average molecular weight is 799 g/mol. The molecule has 12 aromatic rings. The minimum Gasteiger partial charge on any atom is -0.310 e. The zero-order valence-corrected chi connectivity index (χ0v) is 34.3. The van der Waals surface area contributed by atoms with Crippen molar-refractivity contribution in [2.45, 2.75) is 5.41 Å². The summed E-state index contributed by atoms with van der Waals surface area (Å²) in [7, 11) is 0. The largest absolute Gasteiger partial charge is 0.310 e. The number of benzene rings is 11. The van der Waals surface area contributed by atoms with Gasteiger partial charge in [-0.15, -0.1) is 0 Å². The van der Waals surface area contributed by atoms with E-state index in [9.17, 15) is 0 Å². The van der Waals surface area contributed by atoms with Gasteiger partial charge in [0.1, 0.15) is 0 Å². The van der Waals surface area contributed by atoms with Gasteiger partial charge in [-0.2, -0.15) is 0 Å². The second-order valence-electron chi connectivity index (χ2n) is 17.2. The highest BCUT2D eigenvalue weighted by molar-refractivity contribution is 6.26. The zero-order chi connectivity index (χ0) is 41.2. The van der Waals surface area contributed by atoms with Crippen LogP contribution in [0.1, 0.15) is 22.3 Å². The van der Waals surface area contributed by atoms with Gasteiger partial charge in [0.2, 0.25) is 0 Å². The summed E-state index contributed by atoms with van der Waals surface area (Å²) in [6, 6.07) is 86.0. The lowest BCUT2D eigenvalue weighted by Gasteiger charge is -2.40. The number of para-hydroxylation sites is 3. The molecule has 0 saturated carbocycles. The smallest absolute Gasteiger partial charge is 0.0755 e. The van der Waals surface area contributed by atoms with Gasteiger partial charge in [-0.3, -0.25) is 0 Å². The van der Waals surface area contributed by atoms with Gasteiger partial charge in [0, 0.05) is 27.8 Å². The molecule has 0 N–H and O–H groups in total. The van der Waals surface area contributed by atoms with Crippen molar-refractivity contribution in [2.24, 2.45) is 0 Å². The fourth-order valence-corrected chi connectivity index (χ4v) is 11.6. The van der Waals surface area contributed by atoms with Gasteiger partial charge in [0.15, 0.2) is 0 Å². The lowest BCUT2D eigenvalue weighted by Crippen LogP contribution is -2.33. The number of rotatable bonds is 4. The molecule has 1 aliphatic carbocycles. The molecule has 0 saturated heterocycles. The van der Waals surface area contributed by atoms with Gasteiger partial charge in [-0.25, -0.2) is 0 Å². The summed E-state index contributed by atoms with van der Waals surface area (Å²) in [6.07, 6.45) is 0. The second-order valence-corrected chi connectivity index (χ2v) is 17.2. The van der Waals surface area contributed by atoms with E-state index in [1.165, 1.54) is 104 Å². The first kappa shape index (κ1) is 34.5. The first-order chi connectivity index (χ1) is 31.3. The second kappa shape index (κ2) is 12.9. The summed E-state index contributed by atoms with van der Waals surface area (Å²) in [5.74, 6) is 0. The molecule has 0 fully saturated rings. The number of fused-ring (bicyclic) bond motifs is 18. The SMILES string of the molecule is c1ccc(-c2ccc(N(c3ccc4c(c3)C3(c5ccccc5-4)c4ccccc4-n4c5ccccc5c5cccc3c54)c3ccc4c5ccccc5c5ccccc5c4c3)cc2)cc1. The van der Waals surface area contributed by atoms with E-state index in [1.54, 1.807) is 0 Å². The highest BCUT2D eigenvalue weighted by Gasteiger charge is 2.51. The predicted octanol–water partition coefficient (Wildman–Crippen LogP) is 16.1. The minimum absolute atomic E-state index is 0.552. The number of nitrogens with zero attached hydrogens (tertiary/aromatic N) is 2. The third-order valence-corrected chi connectivity index (χ3v) is 14.2. The number of hydrogen-bond donors (Lipinski definition) is 0. The van der Waals surface area contributed by atoms with E-state index in [0.717, 1.165) is 17.1 Å². The fourth-order valence-electron chi connectivity index (χ4n) is 11.6. The van der Waals surface area contributed by atoms with Crippen LogP contribution in [0.4, 0.5) is 17.1 Å². The van der Waals surface area contributed by atoms with E-state index in [0.29, 0.717) is 0 Å². The molecule has 2 nitrogen and oxygen atoms in total.